The van der Waals surface area contributed by atoms with E-state index in [1.165, 1.54) is 6.92 Å². The van der Waals surface area contributed by atoms with Gasteiger partial charge >= 0.3 is 5.97 Å². The van der Waals surface area contributed by atoms with E-state index in [2.05, 4.69) is 5.32 Å². The molecule has 0 saturated carbocycles. The normalized spacial score (nSPS) is 15.8. The van der Waals surface area contributed by atoms with Crippen LogP contribution in [0.2, 0.25) is 0 Å². The first-order valence-electron chi connectivity index (χ1n) is 4.45. The summed E-state index contributed by atoms with van der Waals surface area (Å²) in [6.07, 6.45) is 0. The van der Waals surface area contributed by atoms with Crippen LogP contribution in [0.15, 0.2) is 0 Å². The number of carboxylic acids is 1. The number of carboxylic acid groups (broad SMARTS) is 1. The van der Waals surface area contributed by atoms with Crippen molar-refractivity contribution in [2.24, 2.45) is 11.1 Å². The average molecular weight is 202 g/mol. The van der Waals surface area contributed by atoms with Crippen molar-refractivity contribution in [2.45, 2.75) is 39.8 Å². The molecule has 0 aliphatic heterocycles. The van der Waals surface area contributed by atoms with Crippen molar-refractivity contribution in [3.63, 3.8) is 0 Å². The van der Waals surface area contributed by atoms with Crippen molar-refractivity contribution in [3.8, 4) is 0 Å². The Kier molecular flexibility index (Phi) is 4.07. The maximum absolute atomic E-state index is 11.2. The standard InChI is InChI=1S/C9H18N2O3/c1-5(10)7(12)11-6(8(13)14)9(2,3)4/h5-6H,10H2,1-4H3,(H,11,12)(H,13,14). The molecule has 1 amide bonds. The van der Waals surface area contributed by atoms with Crippen molar-refractivity contribution >= 4 is 11.9 Å². The Morgan fingerprint density at radius 1 is 1.36 bits per heavy atom. The second-order valence-corrected chi connectivity index (χ2v) is 4.43. The van der Waals surface area contributed by atoms with Crippen molar-refractivity contribution in [3.05, 3.63) is 0 Å². The van der Waals surface area contributed by atoms with Gasteiger partial charge in [-0.2, -0.15) is 0 Å². The highest BCUT2D eigenvalue weighted by atomic mass is 16.4. The highest BCUT2D eigenvalue weighted by molar-refractivity contribution is 5.86. The molecule has 0 aromatic heterocycles. The van der Waals surface area contributed by atoms with Gasteiger partial charge < -0.3 is 16.2 Å². The lowest BCUT2D eigenvalue weighted by Crippen LogP contribution is -2.52. The lowest BCUT2D eigenvalue weighted by molar-refractivity contribution is -0.145. The Balaban J connectivity index is 4.56. The molecule has 0 aliphatic rings. The van der Waals surface area contributed by atoms with Crippen molar-refractivity contribution in [1.82, 2.24) is 5.32 Å². The largest absolute Gasteiger partial charge is 0.480 e. The summed E-state index contributed by atoms with van der Waals surface area (Å²) in [6, 6.07) is -1.61. The molecule has 0 heterocycles. The monoisotopic (exact) mass is 202 g/mol. The maximum atomic E-state index is 11.2. The summed E-state index contributed by atoms with van der Waals surface area (Å²) in [5, 5.41) is 11.3. The second-order valence-electron chi connectivity index (χ2n) is 4.43. The van der Waals surface area contributed by atoms with E-state index in [1.54, 1.807) is 20.8 Å². The summed E-state index contributed by atoms with van der Waals surface area (Å²) in [7, 11) is 0. The van der Waals surface area contributed by atoms with E-state index in [1.807, 2.05) is 0 Å². The molecular formula is C9H18N2O3. The van der Waals surface area contributed by atoms with Crippen LogP contribution in [-0.2, 0) is 9.59 Å². The highest BCUT2D eigenvalue weighted by Crippen LogP contribution is 2.19. The molecule has 14 heavy (non-hydrogen) atoms. The third-order valence-electron chi connectivity index (χ3n) is 1.81. The first-order chi connectivity index (χ1) is 6.16. The van der Waals surface area contributed by atoms with Crippen molar-refractivity contribution in [2.75, 3.05) is 0 Å². The fourth-order valence-electron chi connectivity index (χ4n) is 0.922. The summed E-state index contributed by atoms with van der Waals surface area (Å²) in [5.74, 6) is -1.50. The SMILES string of the molecule is CC(N)C(=O)NC(C(=O)O)C(C)(C)C. The van der Waals surface area contributed by atoms with Crippen LogP contribution in [0.3, 0.4) is 0 Å². The van der Waals surface area contributed by atoms with Crippen LogP contribution in [0.5, 0.6) is 0 Å². The molecule has 2 unspecified atom stereocenters. The number of amides is 1. The summed E-state index contributed by atoms with van der Waals surface area (Å²) >= 11 is 0. The Labute approximate surface area is 83.7 Å². The predicted octanol–water partition coefficient (Wildman–Crippen LogP) is -0.0509. The van der Waals surface area contributed by atoms with E-state index in [4.69, 9.17) is 10.8 Å². The van der Waals surface area contributed by atoms with Crippen LogP contribution < -0.4 is 11.1 Å². The highest BCUT2D eigenvalue weighted by Gasteiger charge is 2.32. The molecule has 0 aromatic rings. The van der Waals surface area contributed by atoms with Crippen molar-refractivity contribution < 1.29 is 14.7 Å². The number of carbonyl (C=O) groups excluding carboxylic acids is 1. The Hall–Kier alpha value is -1.10. The molecule has 0 rings (SSSR count). The lowest BCUT2D eigenvalue weighted by Gasteiger charge is -2.28. The number of aliphatic carboxylic acids is 1. The minimum atomic E-state index is -1.05. The topological polar surface area (TPSA) is 92.4 Å². The van der Waals surface area contributed by atoms with Gasteiger partial charge in [0.25, 0.3) is 0 Å². The molecule has 0 saturated heterocycles. The molecule has 0 aromatic carbocycles. The van der Waals surface area contributed by atoms with E-state index in [9.17, 15) is 9.59 Å². The zero-order chi connectivity index (χ0) is 11.5. The number of hydrogen-bond donors (Lipinski definition) is 3. The van der Waals surface area contributed by atoms with Gasteiger partial charge in [-0.15, -0.1) is 0 Å². The minimum absolute atomic E-state index is 0.452. The van der Waals surface area contributed by atoms with E-state index in [0.29, 0.717) is 0 Å². The molecule has 4 N–H and O–H groups in total. The fourth-order valence-corrected chi connectivity index (χ4v) is 0.922. The summed E-state index contributed by atoms with van der Waals surface area (Å²) < 4.78 is 0. The fraction of sp³-hybridized carbons (Fsp3) is 0.778. The van der Waals surface area contributed by atoms with Crippen LogP contribution in [-0.4, -0.2) is 29.1 Å². The summed E-state index contributed by atoms with van der Waals surface area (Å²) in [6.45, 7) is 6.74. The van der Waals surface area contributed by atoms with Gasteiger partial charge in [-0.05, 0) is 12.3 Å². The Bertz CT molecular complexity index is 231. The molecule has 82 valence electrons. The van der Waals surface area contributed by atoms with Crippen LogP contribution in [0.1, 0.15) is 27.7 Å². The van der Waals surface area contributed by atoms with Gasteiger partial charge in [-0.3, -0.25) is 4.79 Å². The van der Waals surface area contributed by atoms with E-state index >= 15 is 0 Å². The molecule has 0 bridgehead atoms. The lowest BCUT2D eigenvalue weighted by atomic mass is 9.86. The van der Waals surface area contributed by atoms with Gasteiger partial charge in [0.15, 0.2) is 0 Å². The first-order valence-corrected chi connectivity index (χ1v) is 4.45. The molecule has 0 aliphatic carbocycles. The predicted molar refractivity (Wildman–Crippen MR) is 52.7 cm³/mol. The molecule has 0 fully saturated rings. The number of nitrogens with two attached hydrogens (primary N) is 1. The van der Waals surface area contributed by atoms with Crippen molar-refractivity contribution in [1.29, 1.82) is 0 Å². The summed E-state index contributed by atoms with van der Waals surface area (Å²) in [5.41, 5.74) is 4.79. The number of nitrogens with one attached hydrogen (secondary N) is 1. The molecule has 0 spiro atoms. The number of rotatable bonds is 3. The Morgan fingerprint density at radius 3 is 2.00 bits per heavy atom. The Morgan fingerprint density at radius 2 is 1.79 bits per heavy atom. The van der Waals surface area contributed by atoms with Gasteiger partial charge in [0.2, 0.25) is 5.91 Å². The molecule has 5 nitrogen and oxygen atoms in total. The summed E-state index contributed by atoms with van der Waals surface area (Å²) in [4.78, 5) is 22.1. The van der Waals surface area contributed by atoms with Crippen LogP contribution in [0.4, 0.5) is 0 Å². The zero-order valence-electron chi connectivity index (χ0n) is 9.00. The van der Waals surface area contributed by atoms with Crippen LogP contribution in [0.25, 0.3) is 0 Å². The average Bonchev–Trinajstić information content (AvgIpc) is 1.96. The maximum Gasteiger partial charge on any atom is 0.326 e. The van der Waals surface area contributed by atoms with Gasteiger partial charge in [0, 0.05) is 0 Å². The number of hydrogen-bond acceptors (Lipinski definition) is 3. The third kappa shape index (κ3) is 3.74. The van der Waals surface area contributed by atoms with Gasteiger partial charge in [-0.1, -0.05) is 20.8 Å². The van der Waals surface area contributed by atoms with Gasteiger partial charge in [0.05, 0.1) is 6.04 Å². The van der Waals surface area contributed by atoms with E-state index in [0.717, 1.165) is 0 Å². The molecule has 0 radical (unpaired) electrons. The van der Waals surface area contributed by atoms with Crippen LogP contribution >= 0.6 is 0 Å². The zero-order valence-corrected chi connectivity index (χ0v) is 9.00. The molecule has 5 heteroatoms. The molecular weight excluding hydrogens is 184 g/mol. The van der Waals surface area contributed by atoms with Crippen LogP contribution in [0, 0.1) is 5.41 Å². The van der Waals surface area contributed by atoms with Gasteiger partial charge in [0.1, 0.15) is 6.04 Å². The molecule has 2 atom stereocenters. The second kappa shape index (κ2) is 4.41. The smallest absolute Gasteiger partial charge is 0.326 e. The van der Waals surface area contributed by atoms with E-state index in [-0.39, 0.29) is 0 Å². The minimum Gasteiger partial charge on any atom is -0.480 e. The number of carbonyl (C=O) groups is 2. The van der Waals surface area contributed by atoms with Gasteiger partial charge in [-0.25, -0.2) is 4.79 Å². The quantitative estimate of drug-likeness (QED) is 0.598. The third-order valence-corrected chi connectivity index (χ3v) is 1.81. The van der Waals surface area contributed by atoms with E-state index < -0.39 is 29.4 Å². The first kappa shape index (κ1) is 12.9.